The van der Waals surface area contributed by atoms with Gasteiger partial charge in [-0.1, -0.05) is 51.1 Å². The Morgan fingerprint density at radius 2 is 1.74 bits per heavy atom. The molecule has 3 N–H and O–H groups in total. The number of hydrogen-bond donors (Lipinski definition) is 3. The van der Waals surface area contributed by atoms with Crippen LogP contribution in [0.25, 0.3) is 0 Å². The average molecular weight is 524 g/mol. The van der Waals surface area contributed by atoms with Crippen LogP contribution < -0.4 is 5.32 Å². The molecule has 38 heavy (non-hydrogen) atoms. The zero-order chi connectivity index (χ0) is 27.1. The van der Waals surface area contributed by atoms with Crippen molar-refractivity contribution in [3.8, 4) is 0 Å². The van der Waals surface area contributed by atoms with Crippen molar-refractivity contribution in [1.29, 1.82) is 0 Å². The van der Waals surface area contributed by atoms with Crippen molar-refractivity contribution in [2.75, 3.05) is 0 Å². The highest BCUT2D eigenvalue weighted by Crippen LogP contribution is 2.68. The van der Waals surface area contributed by atoms with Gasteiger partial charge in [0, 0.05) is 12.5 Å². The lowest BCUT2D eigenvalue weighted by Crippen LogP contribution is -2.58. The predicted octanol–water partition coefficient (Wildman–Crippen LogP) is 6.53. The molecule has 4 aliphatic carbocycles. The van der Waals surface area contributed by atoms with E-state index in [1.807, 2.05) is 6.07 Å². The summed E-state index contributed by atoms with van der Waals surface area (Å²) in [6.07, 6.45) is 12.0. The lowest BCUT2D eigenvalue weighted by molar-refractivity contribution is -0.174. The van der Waals surface area contributed by atoms with Crippen LogP contribution in [0.4, 0.5) is 0 Å². The first-order valence-electron chi connectivity index (χ1n) is 15.8. The van der Waals surface area contributed by atoms with Gasteiger partial charge in [0.05, 0.1) is 12.2 Å². The summed E-state index contributed by atoms with van der Waals surface area (Å²) in [7, 11) is 0. The molecule has 212 valence electrons. The molecule has 11 atom stereocenters. The number of nitrogens with one attached hydrogen (secondary N) is 1. The van der Waals surface area contributed by atoms with Crippen molar-refractivity contribution in [3.63, 3.8) is 0 Å². The van der Waals surface area contributed by atoms with E-state index >= 15 is 0 Å². The summed E-state index contributed by atoms with van der Waals surface area (Å²) in [5, 5.41) is 25.3. The number of rotatable bonds is 8. The SMILES string of the molecule is CC(CCc1ccccc1)NC(=O)CC[C@@H](C)[C@H]1CC[C@H]2[C@@H]3CC[C@@H]4C[C@H](O)CC[C@]4(C)[C@H]3C[C@H](O)[C@]12C. The molecule has 4 heteroatoms. The van der Waals surface area contributed by atoms with Crippen LogP contribution in [-0.2, 0) is 11.2 Å². The topological polar surface area (TPSA) is 69.6 Å². The standard InChI is InChI=1S/C34H53NO3/c1-22(10-17-32(38)35-23(2)11-12-24-8-6-5-7-9-24)28-15-16-29-27-14-13-25-20-26(36)18-19-33(25,3)30(27)21-31(37)34(28,29)4/h5-9,22-23,25-31,36-37H,10-21H2,1-4H3,(H,35,38)/t22-,23?,25-,26-,27+,28-,29+,30+,31+,33+,34-/m1/s1. The largest absolute Gasteiger partial charge is 0.393 e. The van der Waals surface area contributed by atoms with E-state index in [1.165, 1.54) is 31.2 Å². The molecular formula is C34H53NO3. The number of amides is 1. The van der Waals surface area contributed by atoms with Crippen molar-refractivity contribution in [3.05, 3.63) is 35.9 Å². The van der Waals surface area contributed by atoms with Gasteiger partial charge < -0.3 is 15.5 Å². The molecule has 4 aliphatic rings. The first-order chi connectivity index (χ1) is 18.1. The van der Waals surface area contributed by atoms with E-state index in [0.717, 1.165) is 44.9 Å². The van der Waals surface area contributed by atoms with Gasteiger partial charge in [0.25, 0.3) is 0 Å². The molecule has 0 spiro atoms. The maximum atomic E-state index is 12.8. The smallest absolute Gasteiger partial charge is 0.220 e. The van der Waals surface area contributed by atoms with Gasteiger partial charge in [-0.2, -0.15) is 0 Å². The maximum Gasteiger partial charge on any atom is 0.220 e. The van der Waals surface area contributed by atoms with Gasteiger partial charge in [-0.3, -0.25) is 4.79 Å². The molecule has 0 aliphatic heterocycles. The monoisotopic (exact) mass is 523 g/mol. The molecule has 1 amide bonds. The highest BCUT2D eigenvalue weighted by molar-refractivity contribution is 5.76. The van der Waals surface area contributed by atoms with Crippen LogP contribution in [-0.4, -0.2) is 34.4 Å². The van der Waals surface area contributed by atoms with E-state index in [-0.39, 0.29) is 35.0 Å². The fourth-order valence-corrected chi connectivity index (χ4v) is 10.2. The van der Waals surface area contributed by atoms with E-state index in [0.29, 0.717) is 41.9 Å². The van der Waals surface area contributed by atoms with Crippen molar-refractivity contribution in [1.82, 2.24) is 5.32 Å². The second-order valence-corrected chi connectivity index (χ2v) is 14.4. The minimum Gasteiger partial charge on any atom is -0.393 e. The molecule has 0 saturated heterocycles. The summed E-state index contributed by atoms with van der Waals surface area (Å²) in [6.45, 7) is 9.34. The highest BCUT2D eigenvalue weighted by Gasteiger charge is 2.63. The lowest BCUT2D eigenvalue weighted by Gasteiger charge is -2.62. The molecule has 4 nitrogen and oxygen atoms in total. The van der Waals surface area contributed by atoms with Crippen LogP contribution in [0.3, 0.4) is 0 Å². The number of aryl methyl sites for hydroxylation is 1. The van der Waals surface area contributed by atoms with E-state index in [4.69, 9.17) is 0 Å². The second-order valence-electron chi connectivity index (χ2n) is 14.4. The van der Waals surface area contributed by atoms with Crippen LogP contribution in [0, 0.1) is 46.3 Å². The third kappa shape index (κ3) is 5.21. The quantitative estimate of drug-likeness (QED) is 0.363. The zero-order valence-electron chi connectivity index (χ0n) is 24.4. The number of hydrogen-bond acceptors (Lipinski definition) is 3. The van der Waals surface area contributed by atoms with Crippen LogP contribution in [0.2, 0.25) is 0 Å². The zero-order valence-corrected chi connectivity index (χ0v) is 24.4. The first-order valence-corrected chi connectivity index (χ1v) is 15.8. The fourth-order valence-electron chi connectivity index (χ4n) is 10.2. The molecule has 1 aromatic rings. The number of aliphatic hydroxyl groups excluding tert-OH is 2. The Bertz CT molecular complexity index is 950. The second kappa shape index (κ2) is 11.2. The summed E-state index contributed by atoms with van der Waals surface area (Å²) in [5.74, 6) is 3.63. The van der Waals surface area contributed by atoms with E-state index in [1.54, 1.807) is 0 Å². The molecule has 1 unspecified atom stereocenters. The van der Waals surface area contributed by atoms with E-state index < -0.39 is 0 Å². The molecule has 4 saturated carbocycles. The summed E-state index contributed by atoms with van der Waals surface area (Å²) in [6, 6.07) is 10.7. The van der Waals surface area contributed by atoms with Crippen LogP contribution in [0.1, 0.15) is 104 Å². The lowest BCUT2D eigenvalue weighted by atomic mass is 9.43. The Morgan fingerprint density at radius 3 is 2.50 bits per heavy atom. The summed E-state index contributed by atoms with van der Waals surface area (Å²) in [4.78, 5) is 12.8. The number of fused-ring (bicyclic) bond motifs is 5. The summed E-state index contributed by atoms with van der Waals surface area (Å²) >= 11 is 0. The predicted molar refractivity (Wildman–Crippen MR) is 153 cm³/mol. The van der Waals surface area contributed by atoms with E-state index in [9.17, 15) is 15.0 Å². The third-order valence-electron chi connectivity index (χ3n) is 12.4. The van der Waals surface area contributed by atoms with Gasteiger partial charge in [-0.25, -0.2) is 0 Å². The van der Waals surface area contributed by atoms with E-state index in [2.05, 4.69) is 57.3 Å². The third-order valence-corrected chi connectivity index (χ3v) is 12.4. The van der Waals surface area contributed by atoms with Crippen LogP contribution in [0.15, 0.2) is 30.3 Å². The van der Waals surface area contributed by atoms with Gasteiger partial charge in [0.15, 0.2) is 0 Å². The fraction of sp³-hybridized carbons (Fsp3) is 0.794. The number of carbonyl (C=O) groups excluding carboxylic acids is 1. The van der Waals surface area contributed by atoms with Crippen molar-refractivity contribution in [2.24, 2.45) is 46.3 Å². The maximum absolute atomic E-state index is 12.8. The molecule has 1 aromatic carbocycles. The van der Waals surface area contributed by atoms with Gasteiger partial charge in [-0.15, -0.1) is 0 Å². The molecule has 0 bridgehead atoms. The average Bonchev–Trinajstić information content (AvgIpc) is 3.26. The highest BCUT2D eigenvalue weighted by atomic mass is 16.3. The van der Waals surface area contributed by atoms with Gasteiger partial charge in [0.2, 0.25) is 5.91 Å². The first kappa shape index (κ1) is 28.1. The van der Waals surface area contributed by atoms with Crippen molar-refractivity contribution < 1.29 is 15.0 Å². The van der Waals surface area contributed by atoms with Gasteiger partial charge >= 0.3 is 0 Å². The number of benzene rings is 1. The molecule has 4 fully saturated rings. The molecule has 0 heterocycles. The molecule has 0 aromatic heterocycles. The molecule has 0 radical (unpaired) electrons. The Hall–Kier alpha value is -1.39. The van der Waals surface area contributed by atoms with Crippen LogP contribution in [0.5, 0.6) is 0 Å². The van der Waals surface area contributed by atoms with Crippen LogP contribution >= 0.6 is 0 Å². The Balaban J connectivity index is 1.16. The number of aliphatic hydroxyl groups is 2. The molecular weight excluding hydrogens is 470 g/mol. The normalized spacial score (nSPS) is 41.9. The number of carbonyl (C=O) groups is 1. The minimum atomic E-state index is -0.252. The summed E-state index contributed by atoms with van der Waals surface area (Å²) < 4.78 is 0. The summed E-state index contributed by atoms with van der Waals surface area (Å²) in [5.41, 5.74) is 1.57. The Labute approximate surface area is 231 Å². The van der Waals surface area contributed by atoms with Crippen molar-refractivity contribution >= 4 is 5.91 Å². The minimum absolute atomic E-state index is 0.0303. The Morgan fingerprint density at radius 1 is 0.974 bits per heavy atom. The van der Waals surface area contributed by atoms with Gasteiger partial charge in [-0.05, 0) is 129 Å². The molecule has 5 rings (SSSR count). The Kier molecular flexibility index (Phi) is 8.32. The van der Waals surface area contributed by atoms with Gasteiger partial charge in [0.1, 0.15) is 0 Å². The van der Waals surface area contributed by atoms with Crippen molar-refractivity contribution in [2.45, 2.75) is 123 Å².